The van der Waals surface area contributed by atoms with Gasteiger partial charge >= 0.3 is 11.9 Å². The number of carbonyl (C=O) groups is 4. The van der Waals surface area contributed by atoms with E-state index in [1.165, 1.54) is 23.9 Å². The minimum Gasteiger partial charge on any atom is -0.480 e. The maximum Gasteiger partial charge on any atom is 0.329 e. The third kappa shape index (κ3) is 4.34. The molecule has 10 heteroatoms. The first kappa shape index (κ1) is 23.9. The van der Waals surface area contributed by atoms with Crippen LogP contribution in [0, 0.1) is 0 Å². The number of amides is 2. The molecule has 1 spiro atoms. The van der Waals surface area contributed by atoms with Gasteiger partial charge in [-0.15, -0.1) is 11.8 Å². The molecule has 182 valence electrons. The van der Waals surface area contributed by atoms with Crippen LogP contribution in [0.1, 0.15) is 39.1 Å². The van der Waals surface area contributed by atoms with Crippen molar-refractivity contribution in [3.63, 3.8) is 0 Å². The summed E-state index contributed by atoms with van der Waals surface area (Å²) >= 11 is 3.13. The Morgan fingerprint density at radius 3 is 2.23 bits per heavy atom. The van der Waals surface area contributed by atoms with E-state index in [0.29, 0.717) is 12.8 Å². The van der Waals surface area contributed by atoms with Crippen molar-refractivity contribution in [3.8, 4) is 0 Å². The smallest absolute Gasteiger partial charge is 0.329 e. The summed E-state index contributed by atoms with van der Waals surface area (Å²) in [5, 5.41) is 12.5. The number of thioether (sulfide) groups is 2. The number of nitrogens with one attached hydrogen (secondary N) is 1. The molecular weight excluding hydrogens is 488 g/mol. The first-order valence-corrected chi connectivity index (χ1v) is 13.4. The zero-order chi connectivity index (χ0) is 24.6. The Balaban J connectivity index is 1.41. The van der Waals surface area contributed by atoms with Crippen LogP contribution in [0.2, 0.25) is 0 Å². The van der Waals surface area contributed by atoms with Crippen LogP contribution in [0.15, 0.2) is 54.6 Å². The normalized spacial score (nSPS) is 23.8. The maximum absolute atomic E-state index is 13.3. The van der Waals surface area contributed by atoms with Gasteiger partial charge < -0.3 is 9.84 Å². The van der Waals surface area contributed by atoms with E-state index in [0.717, 1.165) is 22.0 Å². The van der Waals surface area contributed by atoms with E-state index in [9.17, 15) is 24.3 Å². The first-order chi connectivity index (χ1) is 16.9. The molecule has 0 aliphatic carbocycles. The summed E-state index contributed by atoms with van der Waals surface area (Å²) in [6.07, 6.45) is 1.37. The van der Waals surface area contributed by atoms with Crippen molar-refractivity contribution in [1.82, 2.24) is 10.2 Å². The fourth-order valence-corrected chi connectivity index (χ4v) is 8.18. The summed E-state index contributed by atoms with van der Waals surface area (Å²) < 4.78 is 5.06. The van der Waals surface area contributed by atoms with Crippen LogP contribution in [0.4, 0.5) is 0 Å². The van der Waals surface area contributed by atoms with Crippen molar-refractivity contribution < 1.29 is 29.0 Å². The number of hydrogen-bond acceptors (Lipinski definition) is 8. The summed E-state index contributed by atoms with van der Waals surface area (Å²) in [7, 11) is 0. The molecule has 2 saturated heterocycles. The predicted molar refractivity (Wildman–Crippen MR) is 132 cm³/mol. The van der Waals surface area contributed by atoms with Crippen LogP contribution >= 0.6 is 23.5 Å². The molecule has 3 heterocycles. The summed E-state index contributed by atoms with van der Waals surface area (Å²) in [4.78, 5) is 52.7. The topological polar surface area (TPSA) is 113 Å². The Morgan fingerprint density at radius 1 is 1.03 bits per heavy atom. The van der Waals surface area contributed by atoms with Crippen molar-refractivity contribution >= 4 is 47.3 Å². The zero-order valence-corrected chi connectivity index (χ0v) is 20.3. The van der Waals surface area contributed by atoms with E-state index in [1.54, 1.807) is 23.9 Å². The van der Waals surface area contributed by atoms with E-state index < -0.39 is 46.0 Å². The minimum absolute atomic E-state index is 0.110. The molecule has 3 aliphatic heterocycles. The average molecular weight is 513 g/mol. The van der Waals surface area contributed by atoms with E-state index >= 15 is 0 Å². The summed E-state index contributed by atoms with van der Waals surface area (Å²) in [6.45, 7) is 0.110. The van der Waals surface area contributed by atoms with Crippen LogP contribution in [-0.4, -0.2) is 67.5 Å². The zero-order valence-electron chi connectivity index (χ0n) is 18.7. The maximum atomic E-state index is 13.3. The van der Waals surface area contributed by atoms with Gasteiger partial charge in [-0.25, -0.2) is 4.79 Å². The highest BCUT2D eigenvalue weighted by atomic mass is 32.2. The number of imide groups is 1. The molecule has 2 fully saturated rings. The van der Waals surface area contributed by atoms with E-state index in [4.69, 9.17) is 4.74 Å². The van der Waals surface area contributed by atoms with Crippen LogP contribution in [-0.2, 0) is 20.9 Å². The Kier molecular flexibility index (Phi) is 6.61. The molecule has 3 unspecified atom stereocenters. The van der Waals surface area contributed by atoms with Crippen LogP contribution in [0.5, 0.6) is 0 Å². The van der Waals surface area contributed by atoms with Gasteiger partial charge in [-0.3, -0.25) is 24.6 Å². The largest absolute Gasteiger partial charge is 0.480 e. The highest BCUT2D eigenvalue weighted by molar-refractivity contribution is 8.02. The number of nitrogens with zero attached hydrogens (tertiary/aromatic N) is 1. The molecule has 5 rings (SSSR count). The molecule has 2 amide bonds. The second kappa shape index (κ2) is 9.67. The molecule has 8 nitrogen and oxygen atoms in total. The van der Waals surface area contributed by atoms with E-state index in [1.807, 2.05) is 30.3 Å². The number of esters is 1. The highest BCUT2D eigenvalue weighted by Crippen LogP contribution is 2.49. The summed E-state index contributed by atoms with van der Waals surface area (Å²) in [6, 6.07) is 13.4. The standard InChI is InChI=1S/C25H24N2O6S2/c28-21-16-8-4-5-9-17(16)22(29)27(21)18(23(30)31)20-26-19(25(35-20)10-12-34-13-11-25)24(32)33-14-15-6-2-1-3-7-15/h1-9,18-20,26H,10-14H2,(H,30,31). The number of aliphatic carboxylic acids is 1. The van der Waals surface area contributed by atoms with Crippen molar-refractivity contribution in [3.05, 3.63) is 71.3 Å². The quantitative estimate of drug-likeness (QED) is 0.446. The molecule has 0 bridgehead atoms. The Morgan fingerprint density at radius 2 is 1.63 bits per heavy atom. The molecule has 3 aliphatic rings. The number of benzene rings is 2. The van der Waals surface area contributed by atoms with Gasteiger partial charge in [0.15, 0.2) is 6.04 Å². The summed E-state index contributed by atoms with van der Waals surface area (Å²) in [5.74, 6) is -1.37. The summed E-state index contributed by atoms with van der Waals surface area (Å²) in [5.41, 5.74) is 1.23. The van der Waals surface area contributed by atoms with Gasteiger partial charge in [0.05, 0.1) is 16.5 Å². The van der Waals surface area contributed by atoms with Crippen molar-refractivity contribution in [2.24, 2.45) is 0 Å². The van der Waals surface area contributed by atoms with Crippen LogP contribution in [0.25, 0.3) is 0 Å². The molecule has 0 aromatic heterocycles. The molecular formula is C25H24N2O6S2. The molecule has 2 aromatic carbocycles. The van der Waals surface area contributed by atoms with E-state index in [-0.39, 0.29) is 17.7 Å². The van der Waals surface area contributed by atoms with Crippen molar-refractivity contribution in [2.45, 2.75) is 41.7 Å². The van der Waals surface area contributed by atoms with Crippen molar-refractivity contribution in [2.75, 3.05) is 11.5 Å². The molecule has 35 heavy (non-hydrogen) atoms. The minimum atomic E-state index is -1.47. The third-order valence-corrected chi connectivity index (χ3v) is 9.41. The Bertz CT molecular complexity index is 1130. The number of hydrogen-bond donors (Lipinski definition) is 2. The van der Waals surface area contributed by atoms with Gasteiger partial charge in [-0.2, -0.15) is 11.8 Å². The third-order valence-electron chi connectivity index (χ3n) is 6.66. The lowest BCUT2D eigenvalue weighted by Crippen LogP contribution is -2.56. The van der Waals surface area contributed by atoms with Gasteiger partial charge in [0, 0.05) is 4.75 Å². The first-order valence-electron chi connectivity index (χ1n) is 11.3. The van der Waals surface area contributed by atoms with Gasteiger partial charge in [0.1, 0.15) is 12.6 Å². The lowest BCUT2D eigenvalue weighted by Gasteiger charge is -2.36. The van der Waals surface area contributed by atoms with Crippen molar-refractivity contribution in [1.29, 1.82) is 0 Å². The highest BCUT2D eigenvalue weighted by Gasteiger charge is 2.58. The molecule has 2 aromatic rings. The van der Waals surface area contributed by atoms with E-state index in [2.05, 4.69) is 5.32 Å². The number of carbonyl (C=O) groups excluding carboxylic acids is 3. The Labute approximate surface area is 210 Å². The van der Waals surface area contributed by atoms with Crippen LogP contribution < -0.4 is 5.32 Å². The fourth-order valence-electron chi connectivity index (χ4n) is 4.88. The predicted octanol–water partition coefficient (Wildman–Crippen LogP) is 2.78. The molecule has 2 N–H and O–H groups in total. The number of carboxylic acid groups (broad SMARTS) is 1. The van der Waals surface area contributed by atoms with Gasteiger partial charge in [-0.05, 0) is 42.0 Å². The molecule has 0 saturated carbocycles. The number of carboxylic acids is 1. The number of fused-ring (bicyclic) bond motifs is 1. The molecule has 3 atom stereocenters. The lowest BCUT2D eigenvalue weighted by atomic mass is 9.92. The lowest BCUT2D eigenvalue weighted by molar-refractivity contribution is -0.149. The fraction of sp³-hybridized carbons (Fsp3) is 0.360. The van der Waals surface area contributed by atoms with Gasteiger partial charge in [0.2, 0.25) is 0 Å². The van der Waals surface area contributed by atoms with Gasteiger partial charge in [0.25, 0.3) is 11.8 Å². The Hall–Kier alpha value is -2.82. The SMILES string of the molecule is O=C(O)C(C1NC(C(=O)OCc2ccccc2)C2(CCSCC2)S1)N1C(=O)c2ccccc2C1=O. The van der Waals surface area contributed by atoms with Gasteiger partial charge in [-0.1, -0.05) is 42.5 Å². The van der Waals surface area contributed by atoms with Crippen LogP contribution in [0.3, 0.4) is 0 Å². The number of ether oxygens (including phenoxy) is 1. The molecule has 0 radical (unpaired) electrons. The average Bonchev–Trinajstić information content (AvgIpc) is 3.34. The second-order valence-corrected chi connectivity index (χ2v) is 11.5. The second-order valence-electron chi connectivity index (χ2n) is 8.72. The number of rotatable bonds is 6. The monoisotopic (exact) mass is 512 g/mol.